The third-order valence-corrected chi connectivity index (χ3v) is 2.24. The molecular formula is C12H10F2N2O4. The molecule has 0 saturated carbocycles. The largest absolute Gasteiger partial charge is 0.479 e. The minimum atomic E-state index is -2.93. The van der Waals surface area contributed by atoms with Crippen molar-refractivity contribution in [2.75, 3.05) is 12.4 Å². The Labute approximate surface area is 112 Å². The molecule has 0 unspecified atom stereocenters. The molecule has 0 aliphatic heterocycles. The van der Waals surface area contributed by atoms with E-state index in [0.29, 0.717) is 0 Å². The summed E-state index contributed by atoms with van der Waals surface area (Å²) in [6, 6.07) is 6.89. The number of carbonyl (C=O) groups excluding carboxylic acids is 1. The molecule has 1 aromatic heterocycles. The Morgan fingerprint density at radius 2 is 2.20 bits per heavy atom. The number of methoxy groups -OCH3 is 1. The van der Waals surface area contributed by atoms with E-state index in [0.717, 1.165) is 0 Å². The maximum atomic E-state index is 12.1. The Morgan fingerprint density at radius 1 is 1.40 bits per heavy atom. The minimum absolute atomic E-state index is 0.0621. The highest BCUT2D eigenvalue weighted by Gasteiger charge is 2.14. The van der Waals surface area contributed by atoms with Crippen LogP contribution in [-0.4, -0.2) is 24.8 Å². The number of hydrogen-bond acceptors (Lipinski definition) is 5. The smallest absolute Gasteiger partial charge is 0.387 e. The van der Waals surface area contributed by atoms with Crippen molar-refractivity contribution in [3.63, 3.8) is 0 Å². The number of benzene rings is 1. The number of ether oxygens (including phenoxy) is 2. The molecule has 0 spiro atoms. The van der Waals surface area contributed by atoms with Crippen LogP contribution in [-0.2, 0) is 0 Å². The van der Waals surface area contributed by atoms with Crippen LogP contribution >= 0.6 is 0 Å². The molecule has 20 heavy (non-hydrogen) atoms. The van der Waals surface area contributed by atoms with Crippen LogP contribution in [0.15, 0.2) is 34.9 Å². The van der Waals surface area contributed by atoms with Gasteiger partial charge in [0.15, 0.2) is 0 Å². The molecule has 2 rings (SSSR count). The molecule has 0 bridgehead atoms. The Balaban J connectivity index is 2.07. The van der Waals surface area contributed by atoms with E-state index in [-0.39, 0.29) is 23.1 Å². The van der Waals surface area contributed by atoms with Gasteiger partial charge in [-0.05, 0) is 17.3 Å². The number of anilines is 1. The van der Waals surface area contributed by atoms with Crippen LogP contribution in [0.2, 0.25) is 0 Å². The maximum absolute atomic E-state index is 12.1. The fraction of sp³-hybridized carbons (Fsp3) is 0.167. The standard InChI is InChI=1S/C12H10F2N2O4/c1-18-10-6-9(20-16-10)11(17)15-7-3-2-4-8(5-7)19-12(13)14/h2-6,12H,1H3,(H,15,17). The van der Waals surface area contributed by atoms with Crippen LogP contribution in [0, 0.1) is 0 Å². The third kappa shape index (κ3) is 3.44. The molecule has 0 fully saturated rings. The van der Waals surface area contributed by atoms with E-state index >= 15 is 0 Å². The van der Waals surface area contributed by atoms with Crippen molar-refractivity contribution >= 4 is 11.6 Å². The van der Waals surface area contributed by atoms with Crippen LogP contribution in [0.1, 0.15) is 10.6 Å². The summed E-state index contributed by atoms with van der Waals surface area (Å²) in [5.41, 5.74) is 0.281. The molecule has 0 aliphatic rings. The van der Waals surface area contributed by atoms with E-state index in [4.69, 9.17) is 9.26 Å². The number of alkyl halides is 2. The first-order valence-corrected chi connectivity index (χ1v) is 5.45. The molecule has 0 saturated heterocycles. The van der Waals surface area contributed by atoms with E-state index < -0.39 is 12.5 Å². The normalized spacial score (nSPS) is 10.4. The van der Waals surface area contributed by atoms with Crippen molar-refractivity contribution in [2.24, 2.45) is 0 Å². The predicted molar refractivity (Wildman–Crippen MR) is 64.1 cm³/mol. The van der Waals surface area contributed by atoms with Gasteiger partial charge in [-0.15, -0.1) is 0 Å². The fourth-order valence-electron chi connectivity index (χ4n) is 1.40. The average Bonchev–Trinajstić information content (AvgIpc) is 2.87. The molecule has 0 aliphatic carbocycles. The number of rotatable bonds is 5. The summed E-state index contributed by atoms with van der Waals surface area (Å²) in [6.07, 6.45) is 0. The molecule has 1 N–H and O–H groups in total. The van der Waals surface area contributed by atoms with Crippen molar-refractivity contribution in [1.29, 1.82) is 0 Å². The molecule has 2 aromatic rings. The van der Waals surface area contributed by atoms with Gasteiger partial charge in [-0.2, -0.15) is 8.78 Å². The Morgan fingerprint density at radius 3 is 2.85 bits per heavy atom. The summed E-state index contributed by atoms with van der Waals surface area (Å²) in [4.78, 5) is 11.8. The van der Waals surface area contributed by atoms with Gasteiger partial charge in [-0.1, -0.05) is 6.07 Å². The second kappa shape index (κ2) is 6.00. The first-order valence-electron chi connectivity index (χ1n) is 5.45. The van der Waals surface area contributed by atoms with Crippen LogP contribution in [0.4, 0.5) is 14.5 Å². The quantitative estimate of drug-likeness (QED) is 0.913. The summed E-state index contributed by atoms with van der Waals surface area (Å²) in [7, 11) is 1.38. The lowest BCUT2D eigenvalue weighted by Gasteiger charge is -2.07. The van der Waals surface area contributed by atoms with E-state index in [2.05, 4.69) is 15.2 Å². The zero-order chi connectivity index (χ0) is 14.5. The SMILES string of the molecule is COc1cc(C(=O)Nc2cccc(OC(F)F)c2)on1. The molecule has 8 heteroatoms. The number of amides is 1. The minimum Gasteiger partial charge on any atom is -0.479 e. The van der Waals surface area contributed by atoms with Gasteiger partial charge in [0.2, 0.25) is 5.76 Å². The first kappa shape index (κ1) is 13.8. The zero-order valence-electron chi connectivity index (χ0n) is 10.3. The highest BCUT2D eigenvalue weighted by Crippen LogP contribution is 2.20. The summed E-state index contributed by atoms with van der Waals surface area (Å²) >= 11 is 0. The van der Waals surface area contributed by atoms with Crippen LogP contribution < -0.4 is 14.8 Å². The molecule has 106 valence electrons. The number of aromatic nitrogens is 1. The van der Waals surface area contributed by atoms with Gasteiger partial charge in [0, 0.05) is 11.8 Å². The van der Waals surface area contributed by atoms with Gasteiger partial charge in [-0.25, -0.2) is 0 Å². The Kier molecular flexibility index (Phi) is 4.14. The van der Waals surface area contributed by atoms with Crippen molar-refractivity contribution in [3.05, 3.63) is 36.1 Å². The lowest BCUT2D eigenvalue weighted by molar-refractivity contribution is -0.0497. The van der Waals surface area contributed by atoms with E-state index in [1.165, 1.54) is 37.4 Å². The second-order valence-corrected chi connectivity index (χ2v) is 3.59. The maximum Gasteiger partial charge on any atom is 0.387 e. The summed E-state index contributed by atoms with van der Waals surface area (Å²) in [6.45, 7) is -2.93. The number of carbonyl (C=O) groups is 1. The first-order chi connectivity index (χ1) is 9.58. The van der Waals surface area contributed by atoms with Gasteiger partial charge in [-0.3, -0.25) is 4.79 Å². The lowest BCUT2D eigenvalue weighted by atomic mass is 10.3. The molecule has 1 amide bonds. The van der Waals surface area contributed by atoms with Crippen molar-refractivity contribution in [1.82, 2.24) is 5.16 Å². The average molecular weight is 284 g/mol. The summed E-state index contributed by atoms with van der Waals surface area (Å²) in [5, 5.41) is 5.93. The van der Waals surface area contributed by atoms with Crippen LogP contribution in [0.25, 0.3) is 0 Å². The molecule has 0 atom stereocenters. The molecule has 0 radical (unpaired) electrons. The van der Waals surface area contributed by atoms with Gasteiger partial charge in [0.1, 0.15) is 5.75 Å². The predicted octanol–water partition coefficient (Wildman–Crippen LogP) is 2.54. The highest BCUT2D eigenvalue weighted by atomic mass is 19.3. The second-order valence-electron chi connectivity index (χ2n) is 3.59. The van der Waals surface area contributed by atoms with Gasteiger partial charge in [0.25, 0.3) is 11.8 Å². The summed E-state index contributed by atoms with van der Waals surface area (Å²) in [5.74, 6) is -0.560. The Hall–Kier alpha value is -2.64. The highest BCUT2D eigenvalue weighted by molar-refractivity contribution is 6.02. The summed E-state index contributed by atoms with van der Waals surface area (Å²) < 4.78 is 37.9. The number of nitrogens with zero attached hydrogens (tertiary/aromatic N) is 1. The zero-order valence-corrected chi connectivity index (χ0v) is 10.3. The lowest BCUT2D eigenvalue weighted by Crippen LogP contribution is -2.11. The number of hydrogen-bond donors (Lipinski definition) is 1. The van der Waals surface area contributed by atoms with Crippen molar-refractivity contribution in [3.8, 4) is 11.6 Å². The van der Waals surface area contributed by atoms with E-state index in [9.17, 15) is 13.6 Å². The topological polar surface area (TPSA) is 73.6 Å². The molecule has 1 aromatic carbocycles. The van der Waals surface area contributed by atoms with E-state index in [1.807, 2.05) is 0 Å². The monoisotopic (exact) mass is 284 g/mol. The van der Waals surface area contributed by atoms with E-state index in [1.54, 1.807) is 0 Å². The van der Waals surface area contributed by atoms with Gasteiger partial charge >= 0.3 is 6.61 Å². The van der Waals surface area contributed by atoms with Gasteiger partial charge < -0.3 is 19.3 Å². The van der Waals surface area contributed by atoms with Crippen molar-refractivity contribution in [2.45, 2.75) is 6.61 Å². The van der Waals surface area contributed by atoms with Crippen molar-refractivity contribution < 1.29 is 27.6 Å². The third-order valence-electron chi connectivity index (χ3n) is 2.24. The molecular weight excluding hydrogens is 274 g/mol. The fourth-order valence-corrected chi connectivity index (χ4v) is 1.40. The molecule has 6 nitrogen and oxygen atoms in total. The number of nitrogens with one attached hydrogen (secondary N) is 1. The van der Waals surface area contributed by atoms with Crippen LogP contribution in [0.3, 0.4) is 0 Å². The van der Waals surface area contributed by atoms with Crippen LogP contribution in [0.5, 0.6) is 11.6 Å². The molecule has 1 heterocycles. The van der Waals surface area contributed by atoms with Gasteiger partial charge in [0.05, 0.1) is 13.2 Å². The Bertz CT molecular complexity index is 601. The number of halogens is 2.